The summed E-state index contributed by atoms with van der Waals surface area (Å²) in [4.78, 5) is 25.5. The number of carbonyl (C=O) groups excluding carboxylic acids is 2. The van der Waals surface area contributed by atoms with Crippen molar-refractivity contribution in [2.45, 2.75) is 6.92 Å². The van der Waals surface area contributed by atoms with E-state index in [4.69, 9.17) is 4.74 Å². The van der Waals surface area contributed by atoms with Crippen molar-refractivity contribution in [1.29, 1.82) is 0 Å². The third kappa shape index (κ3) is 3.32. The molecule has 4 aromatic heterocycles. The number of carbonyl (C=O) groups is 2. The summed E-state index contributed by atoms with van der Waals surface area (Å²) in [5.41, 5.74) is 2.47. The molecule has 27 heavy (non-hydrogen) atoms. The Balaban J connectivity index is 1.57. The summed E-state index contributed by atoms with van der Waals surface area (Å²) in [5.74, 6) is -0.806. The molecule has 4 heterocycles. The van der Waals surface area contributed by atoms with Gasteiger partial charge < -0.3 is 10.1 Å². The first-order valence-corrected chi connectivity index (χ1v) is 9.09. The van der Waals surface area contributed by atoms with E-state index in [2.05, 4.69) is 20.6 Å². The van der Waals surface area contributed by atoms with E-state index < -0.39 is 5.97 Å². The van der Waals surface area contributed by atoms with Gasteiger partial charge >= 0.3 is 5.97 Å². The molecule has 0 spiro atoms. The van der Waals surface area contributed by atoms with Crippen LogP contribution in [0.5, 0.6) is 0 Å². The molecule has 0 atom stereocenters. The minimum absolute atomic E-state index is 0.275. The van der Waals surface area contributed by atoms with Crippen LogP contribution >= 0.6 is 11.3 Å². The summed E-state index contributed by atoms with van der Waals surface area (Å²) in [5, 5.41) is 15.8. The van der Waals surface area contributed by atoms with Gasteiger partial charge in [0, 0.05) is 11.9 Å². The fourth-order valence-corrected chi connectivity index (χ4v) is 3.31. The van der Waals surface area contributed by atoms with Gasteiger partial charge in [0.15, 0.2) is 5.69 Å². The number of aromatic nitrogens is 4. The lowest BCUT2D eigenvalue weighted by Gasteiger charge is -2.05. The van der Waals surface area contributed by atoms with E-state index >= 15 is 0 Å². The Morgan fingerprint density at radius 2 is 2.22 bits per heavy atom. The quantitative estimate of drug-likeness (QED) is 0.517. The molecule has 0 aromatic carbocycles. The van der Waals surface area contributed by atoms with Gasteiger partial charge in [0.25, 0.3) is 5.91 Å². The Kier molecular flexibility index (Phi) is 4.43. The van der Waals surface area contributed by atoms with Crippen LogP contribution in [0.4, 0.5) is 5.69 Å². The Morgan fingerprint density at radius 3 is 3.00 bits per heavy atom. The summed E-state index contributed by atoms with van der Waals surface area (Å²) in [6.07, 6.45) is 3.11. The van der Waals surface area contributed by atoms with Gasteiger partial charge in [-0.1, -0.05) is 6.07 Å². The van der Waals surface area contributed by atoms with E-state index in [0.29, 0.717) is 16.8 Å². The van der Waals surface area contributed by atoms with Gasteiger partial charge in [0.1, 0.15) is 5.56 Å². The number of aromatic amines is 1. The highest BCUT2D eigenvalue weighted by atomic mass is 32.1. The zero-order valence-electron chi connectivity index (χ0n) is 14.3. The van der Waals surface area contributed by atoms with Crippen molar-refractivity contribution in [3.63, 3.8) is 0 Å². The maximum atomic E-state index is 12.5. The molecule has 0 aliphatic heterocycles. The standard InChI is InChI=1S/C18H15N5O3S/c1-2-26-18(25)12-10-19-23-6-5-11(8-15(12)23)20-17(24)14-9-13(21-22-14)16-4-3-7-27-16/h3-10H,2H2,1H3,(H,20,24)(H,21,22). The summed E-state index contributed by atoms with van der Waals surface area (Å²) in [6.45, 7) is 2.02. The minimum Gasteiger partial charge on any atom is -0.462 e. The van der Waals surface area contributed by atoms with E-state index in [9.17, 15) is 9.59 Å². The van der Waals surface area contributed by atoms with Gasteiger partial charge in [-0.3, -0.25) is 9.89 Å². The van der Waals surface area contributed by atoms with Crippen LogP contribution in [0, 0.1) is 0 Å². The molecule has 4 rings (SSSR count). The Labute approximate surface area is 157 Å². The van der Waals surface area contributed by atoms with Crippen LogP contribution in [0.15, 0.2) is 48.1 Å². The van der Waals surface area contributed by atoms with Crippen molar-refractivity contribution in [2.24, 2.45) is 0 Å². The number of anilines is 1. The van der Waals surface area contributed by atoms with Crippen LogP contribution in [-0.2, 0) is 4.74 Å². The topological polar surface area (TPSA) is 101 Å². The maximum absolute atomic E-state index is 12.5. The molecule has 0 aliphatic rings. The molecule has 0 saturated heterocycles. The van der Waals surface area contributed by atoms with Crippen molar-refractivity contribution in [3.05, 3.63) is 59.4 Å². The van der Waals surface area contributed by atoms with Crippen molar-refractivity contribution in [2.75, 3.05) is 11.9 Å². The number of pyridine rings is 1. The third-order valence-electron chi connectivity index (χ3n) is 3.87. The predicted molar refractivity (Wildman–Crippen MR) is 101 cm³/mol. The summed E-state index contributed by atoms with van der Waals surface area (Å²) >= 11 is 1.56. The first-order valence-electron chi connectivity index (χ1n) is 8.21. The molecule has 0 aliphatic carbocycles. The van der Waals surface area contributed by atoms with Crippen LogP contribution in [0.25, 0.3) is 16.1 Å². The van der Waals surface area contributed by atoms with E-state index in [1.165, 1.54) is 6.20 Å². The van der Waals surface area contributed by atoms with Crippen molar-refractivity contribution in [1.82, 2.24) is 19.8 Å². The van der Waals surface area contributed by atoms with Gasteiger partial charge in [-0.2, -0.15) is 10.2 Å². The van der Waals surface area contributed by atoms with E-state index in [0.717, 1.165) is 10.6 Å². The second-order valence-corrected chi connectivity index (χ2v) is 6.57. The summed E-state index contributed by atoms with van der Waals surface area (Å²) in [6, 6.07) is 8.94. The summed E-state index contributed by atoms with van der Waals surface area (Å²) in [7, 11) is 0. The first-order chi connectivity index (χ1) is 13.2. The van der Waals surface area contributed by atoms with Crippen LogP contribution in [0.3, 0.4) is 0 Å². The van der Waals surface area contributed by atoms with Gasteiger partial charge in [-0.25, -0.2) is 9.31 Å². The normalized spacial score (nSPS) is 10.9. The summed E-state index contributed by atoms with van der Waals surface area (Å²) < 4.78 is 6.58. The van der Waals surface area contributed by atoms with E-state index in [-0.39, 0.29) is 18.2 Å². The lowest BCUT2D eigenvalue weighted by Crippen LogP contribution is -2.12. The maximum Gasteiger partial charge on any atom is 0.341 e. The third-order valence-corrected chi connectivity index (χ3v) is 4.78. The average Bonchev–Trinajstić information content (AvgIpc) is 3.40. The Morgan fingerprint density at radius 1 is 1.33 bits per heavy atom. The molecule has 4 aromatic rings. The number of thiophene rings is 1. The number of rotatable bonds is 5. The highest BCUT2D eigenvalue weighted by Gasteiger charge is 2.16. The smallest absolute Gasteiger partial charge is 0.341 e. The highest BCUT2D eigenvalue weighted by molar-refractivity contribution is 7.13. The molecule has 1 amide bonds. The Bertz CT molecular complexity index is 1110. The predicted octanol–water partition coefficient (Wildman–Crippen LogP) is 3.21. The Hall–Kier alpha value is -3.46. The van der Waals surface area contributed by atoms with Crippen molar-refractivity contribution < 1.29 is 14.3 Å². The molecule has 2 N–H and O–H groups in total. The molecule has 0 saturated carbocycles. The fraction of sp³-hybridized carbons (Fsp3) is 0.111. The van der Waals surface area contributed by atoms with Crippen molar-refractivity contribution in [3.8, 4) is 10.6 Å². The largest absolute Gasteiger partial charge is 0.462 e. The molecular formula is C18H15N5O3S. The van der Waals surface area contributed by atoms with Gasteiger partial charge in [-0.05, 0) is 36.6 Å². The zero-order chi connectivity index (χ0) is 18.8. The second-order valence-electron chi connectivity index (χ2n) is 5.62. The first kappa shape index (κ1) is 17.0. The van der Waals surface area contributed by atoms with Crippen LogP contribution in [0.1, 0.15) is 27.8 Å². The lowest BCUT2D eigenvalue weighted by molar-refractivity contribution is 0.0528. The monoisotopic (exact) mass is 381 g/mol. The number of nitrogens with one attached hydrogen (secondary N) is 2. The molecule has 0 bridgehead atoms. The van der Waals surface area contributed by atoms with E-state index in [1.54, 1.807) is 47.2 Å². The van der Waals surface area contributed by atoms with Crippen LogP contribution in [0.2, 0.25) is 0 Å². The number of hydrogen-bond donors (Lipinski definition) is 2. The van der Waals surface area contributed by atoms with Gasteiger partial charge in [0.05, 0.1) is 28.9 Å². The highest BCUT2D eigenvalue weighted by Crippen LogP contribution is 2.23. The number of H-pyrrole nitrogens is 1. The number of nitrogens with zero attached hydrogens (tertiary/aromatic N) is 3. The zero-order valence-corrected chi connectivity index (χ0v) is 15.1. The SMILES string of the molecule is CCOC(=O)c1cnn2ccc(NC(=O)c3cc(-c4cccs4)[nH]n3)cc12. The number of amides is 1. The van der Waals surface area contributed by atoms with Crippen LogP contribution < -0.4 is 5.32 Å². The molecule has 0 unspecified atom stereocenters. The van der Waals surface area contributed by atoms with Crippen LogP contribution in [-0.4, -0.2) is 38.3 Å². The minimum atomic E-state index is -0.455. The van der Waals surface area contributed by atoms with E-state index in [1.807, 2.05) is 17.5 Å². The molecule has 0 fully saturated rings. The number of esters is 1. The molecule has 0 radical (unpaired) electrons. The fourth-order valence-electron chi connectivity index (χ4n) is 2.62. The number of hydrogen-bond acceptors (Lipinski definition) is 6. The lowest BCUT2D eigenvalue weighted by atomic mass is 10.2. The number of fused-ring (bicyclic) bond motifs is 1. The average molecular weight is 381 g/mol. The van der Waals surface area contributed by atoms with Gasteiger partial charge in [0.2, 0.25) is 0 Å². The molecular weight excluding hydrogens is 366 g/mol. The number of ether oxygens (including phenoxy) is 1. The van der Waals surface area contributed by atoms with Crippen molar-refractivity contribution >= 4 is 34.4 Å². The molecule has 9 heteroatoms. The second kappa shape index (κ2) is 7.04. The molecule has 8 nitrogen and oxygen atoms in total. The molecule has 136 valence electrons. The van der Waals surface area contributed by atoms with Gasteiger partial charge in [-0.15, -0.1) is 11.3 Å².